The van der Waals surface area contributed by atoms with E-state index in [1.165, 1.54) is 0 Å². The van der Waals surface area contributed by atoms with Crippen molar-refractivity contribution in [2.75, 3.05) is 25.8 Å². The lowest BCUT2D eigenvalue weighted by Crippen LogP contribution is -2.44. The fourth-order valence-corrected chi connectivity index (χ4v) is 1.16. The summed E-state index contributed by atoms with van der Waals surface area (Å²) >= 11 is 1.77. The Labute approximate surface area is 59.0 Å². The molecule has 0 aliphatic carbocycles. The first kappa shape index (κ1) is 6.74. The zero-order chi connectivity index (χ0) is 6.85. The maximum atomic E-state index is 11.0. The van der Waals surface area contributed by atoms with Gasteiger partial charge in [0, 0.05) is 14.1 Å². The van der Waals surface area contributed by atoms with Crippen molar-refractivity contribution in [3.05, 3.63) is 0 Å². The molecular formula is C5H10N2OS. The van der Waals surface area contributed by atoms with Crippen molar-refractivity contribution in [2.24, 2.45) is 0 Å². The van der Waals surface area contributed by atoms with Gasteiger partial charge in [0.25, 0.3) is 0 Å². The smallest absolute Gasteiger partial charge is 0.320 e. The van der Waals surface area contributed by atoms with E-state index in [0.29, 0.717) is 0 Å². The molecule has 1 rings (SSSR count). The highest BCUT2D eigenvalue weighted by atomic mass is 32.2. The van der Waals surface area contributed by atoms with Gasteiger partial charge in [-0.2, -0.15) is 0 Å². The van der Waals surface area contributed by atoms with Crippen LogP contribution in [0.2, 0.25) is 0 Å². The molecule has 0 saturated carbocycles. The molecule has 3 nitrogen and oxygen atoms in total. The van der Waals surface area contributed by atoms with Gasteiger partial charge in [0.05, 0.1) is 11.8 Å². The zero-order valence-electron chi connectivity index (χ0n) is 5.63. The molecule has 0 bridgehead atoms. The Morgan fingerprint density at radius 3 is 2.22 bits per heavy atom. The molecule has 9 heavy (non-hydrogen) atoms. The number of thioether (sulfide) groups is 1. The van der Waals surface area contributed by atoms with Crippen molar-refractivity contribution in [2.45, 2.75) is 0 Å². The molecule has 1 fully saturated rings. The van der Waals surface area contributed by atoms with E-state index in [9.17, 15) is 4.79 Å². The van der Waals surface area contributed by atoms with Gasteiger partial charge in [-0.1, -0.05) is 0 Å². The lowest BCUT2D eigenvalue weighted by atomic mass is 10.7. The molecule has 0 aromatic heterocycles. The second-order valence-corrected chi connectivity index (χ2v) is 3.10. The first-order chi connectivity index (χ1) is 4.22. The van der Waals surface area contributed by atoms with E-state index in [4.69, 9.17) is 0 Å². The summed E-state index contributed by atoms with van der Waals surface area (Å²) in [5.74, 6) is 1.72. The number of hydrogen-bond acceptors (Lipinski definition) is 2. The fourth-order valence-electron chi connectivity index (χ4n) is 0.576. The van der Waals surface area contributed by atoms with Crippen molar-refractivity contribution in [3.63, 3.8) is 0 Å². The highest BCUT2D eigenvalue weighted by Gasteiger charge is 2.21. The number of carbonyl (C=O) groups excluding carboxylic acids is 1. The summed E-state index contributed by atoms with van der Waals surface area (Å²) in [6.45, 7) is 0. The van der Waals surface area contributed by atoms with Crippen molar-refractivity contribution < 1.29 is 4.79 Å². The first-order valence-electron chi connectivity index (χ1n) is 2.76. The number of nitrogens with zero attached hydrogens (tertiary/aromatic N) is 2. The van der Waals surface area contributed by atoms with Crippen LogP contribution < -0.4 is 0 Å². The number of carbonyl (C=O) groups is 1. The van der Waals surface area contributed by atoms with E-state index < -0.39 is 0 Å². The average Bonchev–Trinajstić information content (AvgIpc) is 1.60. The molecule has 0 aromatic rings. The van der Waals surface area contributed by atoms with Crippen LogP contribution in [0, 0.1) is 0 Å². The SMILES string of the molecule is CN(C)C(=O)N1CSC1. The molecule has 1 saturated heterocycles. The summed E-state index contributed by atoms with van der Waals surface area (Å²) in [7, 11) is 3.54. The van der Waals surface area contributed by atoms with Crippen LogP contribution >= 0.6 is 11.8 Å². The summed E-state index contributed by atoms with van der Waals surface area (Å²) in [6.07, 6.45) is 0. The van der Waals surface area contributed by atoms with Crippen LogP contribution in [-0.2, 0) is 0 Å². The minimum absolute atomic E-state index is 0.119. The summed E-state index contributed by atoms with van der Waals surface area (Å²) in [5.41, 5.74) is 0. The molecule has 52 valence electrons. The van der Waals surface area contributed by atoms with E-state index in [1.54, 1.807) is 35.7 Å². The molecule has 1 aliphatic heterocycles. The van der Waals surface area contributed by atoms with Crippen LogP contribution in [0.4, 0.5) is 4.79 Å². The molecule has 0 radical (unpaired) electrons. The molecule has 0 atom stereocenters. The molecule has 4 heteroatoms. The van der Waals surface area contributed by atoms with Crippen LogP contribution in [0.15, 0.2) is 0 Å². The molecular weight excluding hydrogens is 136 g/mol. The minimum atomic E-state index is 0.119. The maximum absolute atomic E-state index is 11.0. The predicted octanol–water partition coefficient (Wildman–Crippen LogP) is 0.632. The topological polar surface area (TPSA) is 23.6 Å². The van der Waals surface area contributed by atoms with E-state index in [0.717, 1.165) is 11.8 Å². The third-order valence-corrected chi connectivity index (χ3v) is 2.14. The Morgan fingerprint density at radius 2 is 2.11 bits per heavy atom. The molecule has 2 amide bonds. The Morgan fingerprint density at radius 1 is 1.56 bits per heavy atom. The molecule has 1 aliphatic rings. The van der Waals surface area contributed by atoms with Crippen molar-refractivity contribution in [1.29, 1.82) is 0 Å². The number of hydrogen-bond donors (Lipinski definition) is 0. The molecule has 0 spiro atoms. The van der Waals surface area contributed by atoms with E-state index in [-0.39, 0.29) is 6.03 Å². The summed E-state index contributed by atoms with van der Waals surface area (Å²) < 4.78 is 0. The van der Waals surface area contributed by atoms with Gasteiger partial charge in [-0.3, -0.25) is 0 Å². The summed E-state index contributed by atoms with van der Waals surface area (Å²) in [4.78, 5) is 14.4. The van der Waals surface area contributed by atoms with E-state index in [2.05, 4.69) is 0 Å². The Bertz CT molecular complexity index is 122. The minimum Gasteiger partial charge on any atom is -0.331 e. The predicted molar refractivity (Wildman–Crippen MR) is 38.2 cm³/mol. The quantitative estimate of drug-likeness (QED) is 0.500. The molecule has 0 N–H and O–H groups in total. The third kappa shape index (κ3) is 1.30. The molecule has 0 unspecified atom stereocenters. The van der Waals surface area contributed by atoms with Gasteiger partial charge >= 0.3 is 6.03 Å². The average molecular weight is 146 g/mol. The molecule has 1 heterocycles. The van der Waals surface area contributed by atoms with Gasteiger partial charge in [-0.15, -0.1) is 11.8 Å². The highest BCUT2D eigenvalue weighted by molar-refractivity contribution is 8.00. The number of urea groups is 1. The Balaban J connectivity index is 2.32. The second kappa shape index (κ2) is 2.47. The van der Waals surface area contributed by atoms with E-state index in [1.807, 2.05) is 0 Å². The largest absolute Gasteiger partial charge is 0.331 e. The number of amides is 2. The highest BCUT2D eigenvalue weighted by Crippen LogP contribution is 2.18. The first-order valence-corrected chi connectivity index (χ1v) is 3.91. The van der Waals surface area contributed by atoms with Gasteiger partial charge in [0.2, 0.25) is 0 Å². The third-order valence-electron chi connectivity index (χ3n) is 1.15. The monoisotopic (exact) mass is 146 g/mol. The van der Waals surface area contributed by atoms with Crippen LogP contribution in [-0.4, -0.2) is 41.7 Å². The number of rotatable bonds is 0. The van der Waals surface area contributed by atoms with Crippen LogP contribution in [0.25, 0.3) is 0 Å². The lowest BCUT2D eigenvalue weighted by molar-refractivity contribution is 0.183. The lowest BCUT2D eigenvalue weighted by Gasteiger charge is -2.32. The maximum Gasteiger partial charge on any atom is 0.320 e. The Hall–Kier alpha value is -0.380. The van der Waals surface area contributed by atoms with Gasteiger partial charge < -0.3 is 9.80 Å². The Kier molecular flexibility index (Phi) is 1.85. The van der Waals surface area contributed by atoms with Gasteiger partial charge in [-0.05, 0) is 0 Å². The van der Waals surface area contributed by atoms with Crippen molar-refractivity contribution in [3.8, 4) is 0 Å². The zero-order valence-corrected chi connectivity index (χ0v) is 6.44. The van der Waals surface area contributed by atoms with E-state index >= 15 is 0 Å². The van der Waals surface area contributed by atoms with Gasteiger partial charge in [-0.25, -0.2) is 4.79 Å². The summed E-state index contributed by atoms with van der Waals surface area (Å²) in [6, 6.07) is 0.119. The van der Waals surface area contributed by atoms with Crippen molar-refractivity contribution >= 4 is 17.8 Å². The standard InChI is InChI=1S/C5H10N2OS/c1-6(2)5(8)7-3-9-4-7/h3-4H2,1-2H3. The van der Waals surface area contributed by atoms with Gasteiger partial charge in [0.1, 0.15) is 0 Å². The van der Waals surface area contributed by atoms with Crippen molar-refractivity contribution in [1.82, 2.24) is 9.80 Å². The molecule has 0 aromatic carbocycles. The van der Waals surface area contributed by atoms with Crippen LogP contribution in [0.5, 0.6) is 0 Å². The van der Waals surface area contributed by atoms with Crippen LogP contribution in [0.3, 0.4) is 0 Å². The van der Waals surface area contributed by atoms with Gasteiger partial charge in [0.15, 0.2) is 0 Å². The normalized spacial score (nSPS) is 16.9. The summed E-state index contributed by atoms with van der Waals surface area (Å²) in [5, 5.41) is 0. The van der Waals surface area contributed by atoms with Crippen LogP contribution in [0.1, 0.15) is 0 Å². The second-order valence-electron chi connectivity index (χ2n) is 2.18. The fraction of sp³-hybridized carbons (Fsp3) is 0.800.